The molecule has 1 aliphatic rings. The van der Waals surface area contributed by atoms with E-state index in [4.69, 9.17) is 9.84 Å². The fourth-order valence-corrected chi connectivity index (χ4v) is 3.91. The molecule has 30 heavy (non-hydrogen) atoms. The average molecular weight is 409 g/mol. The Morgan fingerprint density at radius 1 is 1.23 bits per heavy atom. The molecule has 3 aromatic rings. The van der Waals surface area contributed by atoms with E-state index in [0.29, 0.717) is 11.5 Å². The zero-order chi connectivity index (χ0) is 21.1. The minimum atomic E-state index is -0.170. The number of nitrogens with one attached hydrogen (secondary N) is 1. The number of hydrogen-bond donors (Lipinski definition) is 2. The van der Waals surface area contributed by atoms with Gasteiger partial charge in [0.05, 0.1) is 35.6 Å². The highest BCUT2D eigenvalue weighted by Crippen LogP contribution is 2.23. The summed E-state index contributed by atoms with van der Waals surface area (Å²) >= 11 is 0. The van der Waals surface area contributed by atoms with E-state index in [-0.39, 0.29) is 30.8 Å². The number of hydrogen-bond acceptors (Lipinski definition) is 6. The first-order valence-electron chi connectivity index (χ1n) is 10.4. The van der Waals surface area contributed by atoms with Crippen molar-refractivity contribution in [1.29, 1.82) is 0 Å². The van der Waals surface area contributed by atoms with Crippen molar-refractivity contribution in [2.24, 2.45) is 0 Å². The van der Waals surface area contributed by atoms with Crippen molar-refractivity contribution >= 4 is 16.8 Å². The number of amides is 1. The Morgan fingerprint density at radius 2 is 1.93 bits per heavy atom. The second-order valence-corrected chi connectivity index (χ2v) is 7.86. The lowest BCUT2D eigenvalue weighted by atomic mass is 9.92. The fourth-order valence-electron chi connectivity index (χ4n) is 3.91. The van der Waals surface area contributed by atoms with E-state index in [0.717, 1.165) is 42.3 Å². The van der Waals surface area contributed by atoms with Gasteiger partial charge in [0.1, 0.15) is 0 Å². The third kappa shape index (κ3) is 4.34. The topological polar surface area (TPSA) is 102 Å². The lowest BCUT2D eigenvalue weighted by molar-refractivity contribution is -0.0465. The number of fused-ring (bicyclic) bond motifs is 1. The number of nitrogens with zero attached hydrogens (tertiary/aromatic N) is 4. The van der Waals surface area contributed by atoms with Crippen molar-refractivity contribution < 1.29 is 14.6 Å². The Morgan fingerprint density at radius 3 is 2.63 bits per heavy atom. The standard InChI is InChI=1S/C22H27N5O3/c1-14(13-28)30-18-9-7-17(8-10-18)25-21(29)16-11-23-22(24-12-16)27-20-6-4-3-5-19(20)15(2)26-27/h3-6,11-12,14,17-18,28H,7-10,13H2,1-2H3,(H,25,29)/t14-,17?,18?/m1/s1. The van der Waals surface area contributed by atoms with E-state index in [1.165, 1.54) is 0 Å². The number of rotatable bonds is 6. The molecule has 0 bridgehead atoms. The third-order valence-electron chi connectivity index (χ3n) is 5.55. The maximum Gasteiger partial charge on any atom is 0.254 e. The van der Waals surface area contributed by atoms with Gasteiger partial charge in [0.25, 0.3) is 11.9 Å². The van der Waals surface area contributed by atoms with Crippen LogP contribution in [0.3, 0.4) is 0 Å². The smallest absolute Gasteiger partial charge is 0.254 e. The van der Waals surface area contributed by atoms with Gasteiger partial charge in [-0.25, -0.2) is 9.97 Å². The summed E-state index contributed by atoms with van der Waals surface area (Å²) in [4.78, 5) is 21.3. The molecule has 8 nitrogen and oxygen atoms in total. The van der Waals surface area contributed by atoms with Crippen molar-refractivity contribution in [1.82, 2.24) is 25.1 Å². The predicted octanol–water partition coefficient (Wildman–Crippen LogP) is 2.56. The van der Waals surface area contributed by atoms with Gasteiger partial charge in [-0.3, -0.25) is 4.79 Å². The summed E-state index contributed by atoms with van der Waals surface area (Å²) in [6, 6.07) is 8.02. The van der Waals surface area contributed by atoms with Crippen LogP contribution in [0.1, 0.15) is 48.7 Å². The molecule has 1 aromatic carbocycles. The monoisotopic (exact) mass is 409 g/mol. The minimum absolute atomic E-state index is 0.0283. The molecule has 1 saturated carbocycles. The Bertz CT molecular complexity index is 1010. The van der Waals surface area contributed by atoms with Crippen LogP contribution < -0.4 is 5.32 Å². The third-order valence-corrected chi connectivity index (χ3v) is 5.55. The number of aliphatic hydroxyl groups excluding tert-OH is 1. The van der Waals surface area contributed by atoms with Gasteiger partial charge in [-0.15, -0.1) is 0 Å². The summed E-state index contributed by atoms with van der Waals surface area (Å²) in [5, 5.41) is 17.8. The van der Waals surface area contributed by atoms with E-state index in [1.807, 2.05) is 38.1 Å². The van der Waals surface area contributed by atoms with Gasteiger partial charge in [-0.05, 0) is 45.6 Å². The number of para-hydroxylation sites is 1. The van der Waals surface area contributed by atoms with Crippen LogP contribution in [-0.4, -0.2) is 55.6 Å². The molecule has 1 atom stereocenters. The molecule has 8 heteroatoms. The predicted molar refractivity (Wildman–Crippen MR) is 113 cm³/mol. The Balaban J connectivity index is 1.38. The van der Waals surface area contributed by atoms with Gasteiger partial charge in [0, 0.05) is 23.8 Å². The van der Waals surface area contributed by atoms with Crippen LogP contribution in [0.2, 0.25) is 0 Å². The Hall–Kier alpha value is -2.84. The molecule has 158 valence electrons. The second-order valence-electron chi connectivity index (χ2n) is 7.86. The summed E-state index contributed by atoms with van der Waals surface area (Å²) in [6.07, 6.45) is 6.54. The van der Waals surface area contributed by atoms with E-state index in [9.17, 15) is 4.79 Å². The Kier molecular flexibility index (Phi) is 6.06. The summed E-state index contributed by atoms with van der Waals surface area (Å²) in [6.45, 7) is 3.84. The van der Waals surface area contributed by atoms with Gasteiger partial charge in [0.15, 0.2) is 0 Å². The van der Waals surface area contributed by atoms with Gasteiger partial charge < -0.3 is 15.2 Å². The summed E-state index contributed by atoms with van der Waals surface area (Å²) in [5.41, 5.74) is 2.27. The van der Waals surface area contributed by atoms with Gasteiger partial charge in [-0.1, -0.05) is 18.2 Å². The SMILES string of the molecule is Cc1nn(-c2ncc(C(=O)NC3CCC(O[C@H](C)CO)CC3)cn2)c2ccccc12. The molecule has 0 saturated heterocycles. The maximum absolute atomic E-state index is 12.6. The number of carbonyl (C=O) groups is 1. The van der Waals surface area contributed by atoms with Crippen molar-refractivity contribution in [2.75, 3.05) is 6.61 Å². The first-order valence-corrected chi connectivity index (χ1v) is 10.4. The molecule has 1 amide bonds. The van der Waals surface area contributed by atoms with Crippen LogP contribution in [0, 0.1) is 6.92 Å². The van der Waals surface area contributed by atoms with E-state index in [2.05, 4.69) is 20.4 Å². The first kappa shape index (κ1) is 20.4. The number of aliphatic hydroxyl groups is 1. The quantitative estimate of drug-likeness (QED) is 0.649. The van der Waals surface area contributed by atoms with Crippen LogP contribution in [0.15, 0.2) is 36.7 Å². The van der Waals surface area contributed by atoms with Gasteiger partial charge in [-0.2, -0.15) is 9.78 Å². The van der Waals surface area contributed by atoms with Crippen LogP contribution >= 0.6 is 0 Å². The number of benzene rings is 1. The van der Waals surface area contributed by atoms with E-state index >= 15 is 0 Å². The molecule has 2 N–H and O–H groups in total. The number of carbonyl (C=O) groups excluding carboxylic acids is 1. The summed E-state index contributed by atoms with van der Waals surface area (Å²) < 4.78 is 7.47. The largest absolute Gasteiger partial charge is 0.394 e. The molecule has 0 aliphatic heterocycles. The molecule has 1 fully saturated rings. The van der Waals surface area contributed by atoms with E-state index in [1.54, 1.807) is 17.1 Å². The molecule has 2 aromatic heterocycles. The zero-order valence-electron chi connectivity index (χ0n) is 17.3. The van der Waals surface area contributed by atoms with Crippen molar-refractivity contribution in [3.63, 3.8) is 0 Å². The number of aromatic nitrogens is 4. The zero-order valence-corrected chi connectivity index (χ0v) is 17.3. The normalized spacial score (nSPS) is 20.2. The molecule has 2 heterocycles. The highest BCUT2D eigenvalue weighted by molar-refractivity contribution is 5.93. The minimum Gasteiger partial charge on any atom is -0.394 e. The molecule has 0 radical (unpaired) electrons. The lowest BCUT2D eigenvalue weighted by Crippen LogP contribution is -2.40. The molecule has 0 unspecified atom stereocenters. The van der Waals surface area contributed by atoms with Crippen LogP contribution in [0.25, 0.3) is 16.9 Å². The van der Waals surface area contributed by atoms with Crippen molar-refractivity contribution in [2.45, 2.75) is 57.8 Å². The fraction of sp³-hybridized carbons (Fsp3) is 0.455. The van der Waals surface area contributed by atoms with Crippen LogP contribution in [-0.2, 0) is 4.74 Å². The van der Waals surface area contributed by atoms with Crippen molar-refractivity contribution in [3.05, 3.63) is 47.9 Å². The van der Waals surface area contributed by atoms with Crippen LogP contribution in [0.5, 0.6) is 0 Å². The molecule has 0 spiro atoms. The summed E-state index contributed by atoms with van der Waals surface area (Å²) in [5.74, 6) is 0.266. The van der Waals surface area contributed by atoms with Crippen molar-refractivity contribution in [3.8, 4) is 5.95 Å². The van der Waals surface area contributed by atoms with Crippen LogP contribution in [0.4, 0.5) is 0 Å². The van der Waals surface area contributed by atoms with E-state index < -0.39 is 0 Å². The van der Waals surface area contributed by atoms with Gasteiger partial charge >= 0.3 is 0 Å². The highest BCUT2D eigenvalue weighted by Gasteiger charge is 2.24. The van der Waals surface area contributed by atoms with Gasteiger partial charge in [0.2, 0.25) is 0 Å². The number of aryl methyl sites for hydroxylation is 1. The molecule has 4 rings (SSSR count). The highest BCUT2D eigenvalue weighted by atomic mass is 16.5. The maximum atomic E-state index is 12.6. The first-order chi connectivity index (χ1) is 14.5. The molecular formula is C22H27N5O3. The molecular weight excluding hydrogens is 382 g/mol. The second kappa shape index (κ2) is 8.89. The lowest BCUT2D eigenvalue weighted by Gasteiger charge is -2.30. The molecule has 1 aliphatic carbocycles. The summed E-state index contributed by atoms with van der Waals surface area (Å²) in [7, 11) is 0. The number of ether oxygens (including phenoxy) is 1. The average Bonchev–Trinajstić information content (AvgIpc) is 3.12. The Labute approximate surface area is 175 Å².